The van der Waals surface area contributed by atoms with E-state index in [9.17, 15) is 22.8 Å². The monoisotopic (exact) mass is 619 g/mol. The molecule has 1 aromatic carbocycles. The second kappa shape index (κ2) is 14.3. The summed E-state index contributed by atoms with van der Waals surface area (Å²) in [4.78, 5) is 30.7. The first-order valence-corrected chi connectivity index (χ1v) is 15.3. The number of amides is 1. The predicted molar refractivity (Wildman–Crippen MR) is 154 cm³/mol. The van der Waals surface area contributed by atoms with Gasteiger partial charge in [0.25, 0.3) is 0 Å². The van der Waals surface area contributed by atoms with Crippen molar-refractivity contribution in [1.82, 2.24) is 15.2 Å². The van der Waals surface area contributed by atoms with E-state index in [-0.39, 0.29) is 60.8 Å². The summed E-state index contributed by atoms with van der Waals surface area (Å²) in [6.45, 7) is 2.04. The Balaban J connectivity index is 1.15. The number of aromatic carboxylic acids is 1. The average molecular weight is 620 g/mol. The Kier molecular flexibility index (Phi) is 10.4. The molecule has 1 amide bonds. The number of ether oxygens (including phenoxy) is 3. The van der Waals surface area contributed by atoms with Crippen LogP contribution in [-0.2, 0) is 39.8 Å². The molecule has 240 valence electrons. The van der Waals surface area contributed by atoms with Crippen molar-refractivity contribution in [3.05, 3.63) is 58.4 Å². The minimum atomic E-state index is -4.56. The van der Waals surface area contributed by atoms with Crippen molar-refractivity contribution in [2.24, 2.45) is 5.92 Å². The molecule has 1 saturated heterocycles. The summed E-state index contributed by atoms with van der Waals surface area (Å²) in [5.74, 6) is -0.817. The van der Waals surface area contributed by atoms with Gasteiger partial charge in [-0.05, 0) is 74.8 Å². The first kappa shape index (κ1) is 32.2. The highest BCUT2D eigenvalue weighted by Crippen LogP contribution is 2.36. The standard InChI is InChI=1S/C32H40F3N3O6/c1-42-29-19-43-14-11-28(29)36-23-9-8-20(15-23)30(39)38-12-10-26-22(18-38)17-25(32(33,34)35)27(37-26)7-2-3-13-44-24-6-4-5-21(16-24)31(40)41/h4-6,16-17,20,23,28-29,36H,2-3,7-15,18-19H2,1H3,(H,40,41). The number of alkyl halides is 3. The number of rotatable bonds is 11. The van der Waals surface area contributed by atoms with Crippen LogP contribution >= 0.6 is 0 Å². The molecule has 2 aromatic rings. The molecule has 2 fully saturated rings. The van der Waals surface area contributed by atoms with E-state index in [4.69, 9.17) is 19.3 Å². The molecule has 4 unspecified atom stereocenters. The number of carboxylic acid groups (broad SMARTS) is 1. The number of aryl methyl sites for hydroxylation is 1. The third-order valence-corrected chi connectivity index (χ3v) is 8.86. The Morgan fingerprint density at radius 2 is 2.02 bits per heavy atom. The quantitative estimate of drug-likeness (QED) is 0.350. The van der Waals surface area contributed by atoms with Crippen molar-refractivity contribution in [2.75, 3.05) is 33.5 Å². The number of fused-ring (bicyclic) bond motifs is 1. The number of nitrogens with zero attached hydrogens (tertiary/aromatic N) is 2. The number of benzene rings is 1. The molecule has 2 aliphatic heterocycles. The summed E-state index contributed by atoms with van der Waals surface area (Å²) >= 11 is 0. The zero-order valence-electron chi connectivity index (χ0n) is 24.9. The summed E-state index contributed by atoms with van der Waals surface area (Å²) in [6, 6.07) is 7.64. The zero-order valence-corrected chi connectivity index (χ0v) is 24.9. The van der Waals surface area contributed by atoms with Crippen LogP contribution in [0.1, 0.15) is 71.4 Å². The minimum absolute atomic E-state index is 0.00162. The molecule has 0 spiro atoms. The number of nitrogens with one attached hydrogen (secondary N) is 1. The highest BCUT2D eigenvalue weighted by Gasteiger charge is 2.38. The molecular formula is C32H40F3N3O6. The lowest BCUT2D eigenvalue weighted by Crippen LogP contribution is -2.50. The Hall–Kier alpha value is -3.22. The van der Waals surface area contributed by atoms with Crippen molar-refractivity contribution in [3.8, 4) is 5.75 Å². The molecule has 4 atom stereocenters. The fraction of sp³-hybridized carbons (Fsp3) is 0.594. The van der Waals surface area contributed by atoms with Crippen LogP contribution in [0.2, 0.25) is 0 Å². The highest BCUT2D eigenvalue weighted by molar-refractivity contribution is 5.88. The second-order valence-corrected chi connectivity index (χ2v) is 11.9. The molecular weight excluding hydrogens is 579 g/mol. The number of methoxy groups -OCH3 is 1. The summed E-state index contributed by atoms with van der Waals surface area (Å²) in [5.41, 5.74) is 0.438. The largest absolute Gasteiger partial charge is 0.494 e. The van der Waals surface area contributed by atoms with E-state index in [1.165, 1.54) is 18.2 Å². The lowest BCUT2D eigenvalue weighted by Gasteiger charge is -2.33. The number of carbonyl (C=O) groups is 2. The van der Waals surface area contributed by atoms with Gasteiger partial charge in [0.15, 0.2) is 0 Å². The Bertz CT molecular complexity index is 1320. The van der Waals surface area contributed by atoms with Crippen LogP contribution in [0, 0.1) is 5.92 Å². The van der Waals surface area contributed by atoms with Gasteiger partial charge >= 0.3 is 12.1 Å². The van der Waals surface area contributed by atoms with Gasteiger partial charge in [0.05, 0.1) is 36.1 Å². The SMILES string of the molecule is COC1COCCC1NC1CCC(C(=O)N2CCc3nc(CCCCOc4cccc(C(=O)O)c4)c(C(F)(F)F)cc3C2)C1. The average Bonchev–Trinajstić information content (AvgIpc) is 3.48. The number of pyridine rings is 1. The topological polar surface area (TPSA) is 110 Å². The number of aromatic nitrogens is 1. The van der Waals surface area contributed by atoms with Gasteiger partial charge in [0, 0.05) is 56.9 Å². The van der Waals surface area contributed by atoms with E-state index >= 15 is 0 Å². The molecule has 1 aliphatic carbocycles. The molecule has 3 heterocycles. The van der Waals surface area contributed by atoms with Gasteiger partial charge in [0.1, 0.15) is 5.75 Å². The van der Waals surface area contributed by atoms with Crippen LogP contribution in [0.3, 0.4) is 0 Å². The fourth-order valence-electron chi connectivity index (χ4n) is 6.50. The lowest BCUT2D eigenvalue weighted by atomic mass is 9.97. The lowest BCUT2D eigenvalue weighted by molar-refractivity contribution is -0.138. The fourth-order valence-corrected chi connectivity index (χ4v) is 6.50. The predicted octanol–water partition coefficient (Wildman–Crippen LogP) is 4.65. The Morgan fingerprint density at radius 3 is 2.80 bits per heavy atom. The van der Waals surface area contributed by atoms with Crippen LogP contribution in [0.5, 0.6) is 5.75 Å². The third-order valence-electron chi connectivity index (χ3n) is 8.86. The maximum Gasteiger partial charge on any atom is 0.418 e. The molecule has 3 aliphatic rings. The number of unbranched alkanes of at least 4 members (excludes halogenated alkanes) is 1. The number of carbonyl (C=O) groups excluding carboxylic acids is 1. The highest BCUT2D eigenvalue weighted by atomic mass is 19.4. The Labute approximate surface area is 255 Å². The number of carboxylic acids is 1. The van der Waals surface area contributed by atoms with E-state index < -0.39 is 17.7 Å². The first-order chi connectivity index (χ1) is 21.1. The molecule has 0 bridgehead atoms. The zero-order chi connectivity index (χ0) is 31.3. The number of hydrogen-bond acceptors (Lipinski definition) is 7. The van der Waals surface area contributed by atoms with E-state index in [1.54, 1.807) is 24.1 Å². The number of halogens is 3. The maximum atomic E-state index is 14.1. The van der Waals surface area contributed by atoms with Crippen LogP contribution in [0.25, 0.3) is 0 Å². The first-order valence-electron chi connectivity index (χ1n) is 15.3. The molecule has 0 radical (unpaired) electrons. The van der Waals surface area contributed by atoms with Gasteiger partial charge < -0.3 is 29.5 Å². The van der Waals surface area contributed by atoms with E-state index in [0.717, 1.165) is 19.3 Å². The molecule has 9 nitrogen and oxygen atoms in total. The van der Waals surface area contributed by atoms with Gasteiger partial charge in [0.2, 0.25) is 5.91 Å². The van der Waals surface area contributed by atoms with E-state index in [0.29, 0.717) is 62.4 Å². The van der Waals surface area contributed by atoms with Crippen LogP contribution in [0.15, 0.2) is 30.3 Å². The van der Waals surface area contributed by atoms with Gasteiger partial charge in [-0.15, -0.1) is 0 Å². The summed E-state index contributed by atoms with van der Waals surface area (Å²) in [7, 11) is 1.67. The molecule has 44 heavy (non-hydrogen) atoms. The maximum absolute atomic E-state index is 14.1. The Morgan fingerprint density at radius 1 is 1.18 bits per heavy atom. The van der Waals surface area contributed by atoms with Gasteiger partial charge in [-0.25, -0.2) is 4.79 Å². The van der Waals surface area contributed by atoms with Crippen LogP contribution in [-0.4, -0.2) is 78.5 Å². The molecule has 2 N–H and O–H groups in total. The van der Waals surface area contributed by atoms with Crippen LogP contribution < -0.4 is 10.1 Å². The third kappa shape index (κ3) is 7.89. The van der Waals surface area contributed by atoms with Crippen molar-refractivity contribution in [1.29, 1.82) is 0 Å². The van der Waals surface area contributed by atoms with Gasteiger partial charge in [-0.1, -0.05) is 6.07 Å². The number of hydrogen-bond donors (Lipinski definition) is 2. The molecule has 12 heteroatoms. The second-order valence-electron chi connectivity index (χ2n) is 11.9. The molecule has 1 saturated carbocycles. The van der Waals surface area contributed by atoms with E-state index in [1.807, 2.05) is 0 Å². The smallest absolute Gasteiger partial charge is 0.418 e. The normalized spacial score (nSPS) is 23.8. The van der Waals surface area contributed by atoms with E-state index in [2.05, 4.69) is 10.3 Å². The summed E-state index contributed by atoms with van der Waals surface area (Å²) in [6.07, 6.45) is 0.0529. The van der Waals surface area contributed by atoms with Crippen molar-refractivity contribution in [3.63, 3.8) is 0 Å². The van der Waals surface area contributed by atoms with Crippen molar-refractivity contribution < 1.29 is 42.1 Å². The molecule has 1 aromatic heterocycles. The van der Waals surface area contributed by atoms with Crippen molar-refractivity contribution in [2.45, 2.75) is 82.3 Å². The van der Waals surface area contributed by atoms with Crippen LogP contribution in [0.4, 0.5) is 13.2 Å². The van der Waals surface area contributed by atoms with Gasteiger partial charge in [-0.3, -0.25) is 9.78 Å². The summed E-state index contributed by atoms with van der Waals surface area (Å²) in [5, 5.41) is 12.8. The summed E-state index contributed by atoms with van der Waals surface area (Å²) < 4.78 is 58.9. The minimum Gasteiger partial charge on any atom is -0.494 e. The van der Waals surface area contributed by atoms with Gasteiger partial charge in [-0.2, -0.15) is 13.2 Å². The van der Waals surface area contributed by atoms with Crippen molar-refractivity contribution >= 4 is 11.9 Å². The molecule has 5 rings (SSSR count).